The standard InChI is InChI=1S/C23H26N4O4S2/c28-16-8-6-15(7-9-16)24-21-12-18(33(29,30)17-4-2-1-3-5-17)13-22(26-21)27-23-25-19-10-11-31-14-20(19)32-23/h1-5,12-13,15-16,28H,6-11,14H2,(H2,24,25,26,27)/t15-,16-. The third kappa shape index (κ3) is 5.03. The van der Waals surface area contributed by atoms with E-state index >= 15 is 0 Å². The van der Waals surface area contributed by atoms with Crippen LogP contribution in [0.15, 0.2) is 52.3 Å². The molecule has 8 nitrogen and oxygen atoms in total. The third-order valence-electron chi connectivity index (χ3n) is 5.94. The molecule has 1 fully saturated rings. The number of hydrogen-bond donors (Lipinski definition) is 3. The van der Waals surface area contributed by atoms with Gasteiger partial charge < -0.3 is 20.5 Å². The van der Waals surface area contributed by atoms with E-state index in [0.29, 0.717) is 30.0 Å². The molecule has 1 aliphatic heterocycles. The van der Waals surface area contributed by atoms with Crippen molar-refractivity contribution in [1.29, 1.82) is 0 Å². The zero-order chi connectivity index (χ0) is 22.8. The van der Waals surface area contributed by atoms with Crippen LogP contribution in [0.2, 0.25) is 0 Å². The fourth-order valence-corrected chi connectivity index (χ4v) is 6.43. The first-order valence-electron chi connectivity index (χ1n) is 11.1. The fraction of sp³-hybridized carbons (Fsp3) is 0.391. The number of aliphatic hydroxyl groups excluding tert-OH is 1. The highest BCUT2D eigenvalue weighted by atomic mass is 32.2. The zero-order valence-electron chi connectivity index (χ0n) is 18.0. The van der Waals surface area contributed by atoms with E-state index in [1.807, 2.05) is 0 Å². The predicted octanol–water partition coefficient (Wildman–Crippen LogP) is 3.90. The summed E-state index contributed by atoms with van der Waals surface area (Å²) in [7, 11) is -3.73. The molecule has 174 valence electrons. The average Bonchev–Trinajstić information content (AvgIpc) is 3.23. The molecule has 1 aromatic carbocycles. The maximum atomic E-state index is 13.3. The van der Waals surface area contributed by atoms with Gasteiger partial charge in [0.15, 0.2) is 5.13 Å². The van der Waals surface area contributed by atoms with Crippen LogP contribution in [0.4, 0.5) is 16.8 Å². The van der Waals surface area contributed by atoms with Crippen LogP contribution < -0.4 is 10.6 Å². The largest absolute Gasteiger partial charge is 0.393 e. The Morgan fingerprint density at radius 2 is 1.76 bits per heavy atom. The SMILES string of the molecule is O=S(=O)(c1ccccc1)c1cc(Nc2nc3c(s2)COCC3)nc(N[C@H]2CC[C@H](O)CC2)c1. The van der Waals surface area contributed by atoms with Crippen molar-refractivity contribution in [3.8, 4) is 0 Å². The lowest BCUT2D eigenvalue weighted by molar-refractivity contribution is 0.112. The Balaban J connectivity index is 1.48. The van der Waals surface area contributed by atoms with Gasteiger partial charge in [0.1, 0.15) is 11.6 Å². The molecule has 0 radical (unpaired) electrons. The summed E-state index contributed by atoms with van der Waals surface area (Å²) in [6.07, 6.45) is 3.55. The second kappa shape index (κ2) is 9.38. The van der Waals surface area contributed by atoms with Crippen molar-refractivity contribution in [3.63, 3.8) is 0 Å². The predicted molar refractivity (Wildman–Crippen MR) is 127 cm³/mol. The van der Waals surface area contributed by atoms with Gasteiger partial charge in [0.05, 0.1) is 39.7 Å². The number of sulfone groups is 1. The maximum Gasteiger partial charge on any atom is 0.206 e. The van der Waals surface area contributed by atoms with Gasteiger partial charge in [0.25, 0.3) is 0 Å². The van der Waals surface area contributed by atoms with E-state index < -0.39 is 9.84 Å². The molecule has 5 rings (SSSR count). The van der Waals surface area contributed by atoms with Gasteiger partial charge in [0.2, 0.25) is 9.84 Å². The lowest BCUT2D eigenvalue weighted by Crippen LogP contribution is -2.28. The molecular weight excluding hydrogens is 460 g/mol. The second-order valence-electron chi connectivity index (χ2n) is 8.36. The van der Waals surface area contributed by atoms with E-state index in [1.165, 1.54) is 11.3 Å². The smallest absolute Gasteiger partial charge is 0.206 e. The molecule has 33 heavy (non-hydrogen) atoms. The Kier molecular flexibility index (Phi) is 6.33. The van der Waals surface area contributed by atoms with Crippen LogP contribution in [-0.4, -0.2) is 42.2 Å². The third-order valence-corrected chi connectivity index (χ3v) is 8.68. The van der Waals surface area contributed by atoms with Gasteiger partial charge >= 0.3 is 0 Å². The summed E-state index contributed by atoms with van der Waals surface area (Å²) in [6, 6.07) is 11.7. The summed E-state index contributed by atoms with van der Waals surface area (Å²) in [4.78, 5) is 10.8. The number of fused-ring (bicyclic) bond motifs is 1. The summed E-state index contributed by atoms with van der Waals surface area (Å²) in [6.45, 7) is 1.20. The summed E-state index contributed by atoms with van der Waals surface area (Å²) < 4.78 is 32.2. The second-order valence-corrected chi connectivity index (χ2v) is 11.4. The molecule has 0 saturated heterocycles. The van der Waals surface area contributed by atoms with Crippen LogP contribution in [0.1, 0.15) is 36.3 Å². The van der Waals surface area contributed by atoms with Crippen molar-refractivity contribution >= 4 is 37.9 Å². The molecule has 3 aromatic rings. The number of aromatic nitrogens is 2. The number of thiazole rings is 1. The van der Waals surface area contributed by atoms with Crippen LogP contribution in [0.5, 0.6) is 0 Å². The van der Waals surface area contributed by atoms with Crippen molar-refractivity contribution in [1.82, 2.24) is 9.97 Å². The molecule has 2 aromatic heterocycles. The lowest BCUT2D eigenvalue weighted by atomic mass is 9.93. The number of anilines is 3. The highest BCUT2D eigenvalue weighted by Crippen LogP contribution is 2.32. The number of aliphatic hydroxyl groups is 1. The maximum absolute atomic E-state index is 13.3. The van der Waals surface area contributed by atoms with Crippen LogP contribution in [0.25, 0.3) is 0 Å². The van der Waals surface area contributed by atoms with Gasteiger partial charge in [-0.15, -0.1) is 0 Å². The van der Waals surface area contributed by atoms with Crippen molar-refractivity contribution in [2.75, 3.05) is 17.2 Å². The van der Waals surface area contributed by atoms with Crippen LogP contribution in [0, 0.1) is 0 Å². The molecule has 0 bridgehead atoms. The number of ether oxygens (including phenoxy) is 1. The molecule has 0 unspecified atom stereocenters. The average molecular weight is 487 g/mol. The Hall–Kier alpha value is -2.53. The summed E-state index contributed by atoms with van der Waals surface area (Å²) >= 11 is 1.50. The van der Waals surface area contributed by atoms with E-state index in [-0.39, 0.29) is 21.9 Å². The molecule has 1 saturated carbocycles. The first-order chi connectivity index (χ1) is 16.0. The van der Waals surface area contributed by atoms with Gasteiger partial charge in [-0.25, -0.2) is 18.4 Å². The van der Waals surface area contributed by atoms with E-state index in [0.717, 1.165) is 42.7 Å². The van der Waals surface area contributed by atoms with Crippen molar-refractivity contribution < 1.29 is 18.3 Å². The van der Waals surface area contributed by atoms with Crippen molar-refractivity contribution in [2.24, 2.45) is 0 Å². The van der Waals surface area contributed by atoms with Crippen molar-refractivity contribution in [2.45, 2.75) is 60.6 Å². The van der Waals surface area contributed by atoms with Gasteiger partial charge in [-0.1, -0.05) is 29.5 Å². The number of pyridine rings is 1. The van der Waals surface area contributed by atoms with Crippen molar-refractivity contribution in [3.05, 3.63) is 53.0 Å². The number of rotatable bonds is 6. The molecule has 2 aliphatic rings. The minimum atomic E-state index is -3.73. The van der Waals surface area contributed by atoms with Crippen LogP contribution in [0.3, 0.4) is 0 Å². The molecular formula is C23H26N4O4S2. The molecule has 10 heteroatoms. The number of nitrogens with zero attached hydrogens (tertiary/aromatic N) is 2. The fourth-order valence-electron chi connectivity index (χ4n) is 4.15. The highest BCUT2D eigenvalue weighted by Gasteiger charge is 2.23. The van der Waals surface area contributed by atoms with Gasteiger partial charge in [-0.05, 0) is 43.9 Å². The topological polar surface area (TPSA) is 113 Å². The Morgan fingerprint density at radius 1 is 1.00 bits per heavy atom. The number of benzene rings is 1. The first-order valence-corrected chi connectivity index (χ1v) is 13.4. The number of hydrogen-bond acceptors (Lipinski definition) is 9. The zero-order valence-corrected chi connectivity index (χ0v) is 19.7. The minimum Gasteiger partial charge on any atom is -0.393 e. The molecule has 0 amide bonds. The summed E-state index contributed by atoms with van der Waals surface area (Å²) in [5, 5.41) is 17.0. The monoisotopic (exact) mass is 486 g/mol. The van der Waals surface area contributed by atoms with E-state index in [9.17, 15) is 13.5 Å². The highest BCUT2D eigenvalue weighted by molar-refractivity contribution is 7.91. The normalized spacial score (nSPS) is 20.8. The Labute approximate surface area is 197 Å². The van der Waals surface area contributed by atoms with E-state index in [1.54, 1.807) is 42.5 Å². The molecule has 3 heterocycles. The molecule has 0 atom stereocenters. The molecule has 3 N–H and O–H groups in total. The van der Waals surface area contributed by atoms with Gasteiger partial charge in [-0.2, -0.15) is 0 Å². The Morgan fingerprint density at radius 3 is 2.52 bits per heavy atom. The summed E-state index contributed by atoms with van der Waals surface area (Å²) in [5.74, 6) is 0.901. The van der Waals surface area contributed by atoms with E-state index in [2.05, 4.69) is 20.6 Å². The van der Waals surface area contributed by atoms with Gasteiger partial charge in [0, 0.05) is 18.5 Å². The Bertz CT molecular complexity index is 1200. The van der Waals surface area contributed by atoms with Gasteiger partial charge in [-0.3, -0.25) is 0 Å². The first kappa shape index (κ1) is 22.3. The quantitative estimate of drug-likeness (QED) is 0.481. The van der Waals surface area contributed by atoms with E-state index in [4.69, 9.17) is 4.74 Å². The molecule has 0 spiro atoms. The summed E-state index contributed by atoms with van der Waals surface area (Å²) in [5.41, 5.74) is 1.01. The minimum absolute atomic E-state index is 0.132. The lowest BCUT2D eigenvalue weighted by Gasteiger charge is -2.26. The molecule has 1 aliphatic carbocycles. The van der Waals surface area contributed by atoms with Crippen LogP contribution in [-0.2, 0) is 27.6 Å². The number of nitrogens with one attached hydrogen (secondary N) is 2. The van der Waals surface area contributed by atoms with Crippen LogP contribution >= 0.6 is 11.3 Å².